The maximum Gasteiger partial charge on any atom is 0.246 e. The first-order chi connectivity index (χ1) is 15.4. The predicted octanol–water partition coefficient (Wildman–Crippen LogP) is 4.30. The SMILES string of the molecule is Cc1cccc(Nc2cc([C@@H]3CCCN(C(=O)/C=C/c4c(C)nn(C)c4C)C3)ccn2)n1. The maximum absolute atomic E-state index is 12.9. The predicted molar refractivity (Wildman–Crippen MR) is 127 cm³/mol. The Hall–Kier alpha value is -3.48. The summed E-state index contributed by atoms with van der Waals surface area (Å²) < 4.78 is 1.84. The van der Waals surface area contributed by atoms with Gasteiger partial charge in [-0.2, -0.15) is 5.10 Å². The third kappa shape index (κ3) is 4.88. The van der Waals surface area contributed by atoms with E-state index in [1.165, 1.54) is 5.56 Å². The Kier molecular flexibility index (Phi) is 6.35. The van der Waals surface area contributed by atoms with Gasteiger partial charge in [-0.25, -0.2) is 9.97 Å². The van der Waals surface area contributed by atoms with E-state index in [-0.39, 0.29) is 11.8 Å². The lowest BCUT2D eigenvalue weighted by atomic mass is 9.91. The summed E-state index contributed by atoms with van der Waals surface area (Å²) in [6, 6.07) is 9.99. The van der Waals surface area contributed by atoms with Crippen molar-refractivity contribution in [2.45, 2.75) is 39.5 Å². The van der Waals surface area contributed by atoms with E-state index < -0.39 is 0 Å². The van der Waals surface area contributed by atoms with Crippen LogP contribution in [0.25, 0.3) is 6.08 Å². The number of nitrogens with zero attached hydrogens (tertiary/aromatic N) is 5. The lowest BCUT2D eigenvalue weighted by molar-refractivity contribution is -0.127. The van der Waals surface area contributed by atoms with Gasteiger partial charge in [0.25, 0.3) is 0 Å². The fourth-order valence-electron chi connectivity index (χ4n) is 4.25. The molecule has 0 radical (unpaired) electrons. The fourth-order valence-corrected chi connectivity index (χ4v) is 4.25. The van der Waals surface area contributed by atoms with Crippen LogP contribution in [0, 0.1) is 20.8 Å². The van der Waals surface area contributed by atoms with Gasteiger partial charge in [-0.15, -0.1) is 0 Å². The zero-order valence-corrected chi connectivity index (χ0v) is 19.2. The molecular weight excluding hydrogens is 400 g/mol. The van der Waals surface area contributed by atoms with E-state index in [1.807, 2.05) is 73.9 Å². The van der Waals surface area contributed by atoms with Crippen LogP contribution in [0.2, 0.25) is 0 Å². The standard InChI is InChI=1S/C25H30N6O/c1-17-7-5-9-23(27-17)28-24-15-20(12-13-26-24)21-8-6-14-31(16-21)25(32)11-10-22-18(2)29-30(4)19(22)3/h5,7,9-13,15,21H,6,8,14,16H2,1-4H3,(H,26,27,28)/b11-10+/t21-/m1/s1. The largest absolute Gasteiger partial charge is 0.339 e. The lowest BCUT2D eigenvalue weighted by Gasteiger charge is -2.32. The molecule has 7 nitrogen and oxygen atoms in total. The van der Waals surface area contributed by atoms with Crippen molar-refractivity contribution in [2.24, 2.45) is 7.05 Å². The number of piperidine rings is 1. The third-order valence-electron chi connectivity index (χ3n) is 6.09. The summed E-state index contributed by atoms with van der Waals surface area (Å²) in [5.41, 5.74) is 5.16. The molecule has 0 bridgehead atoms. The second kappa shape index (κ2) is 9.34. The van der Waals surface area contributed by atoms with Crippen LogP contribution < -0.4 is 5.32 Å². The van der Waals surface area contributed by atoms with Crippen LogP contribution in [-0.2, 0) is 11.8 Å². The van der Waals surface area contributed by atoms with Crippen LogP contribution in [-0.4, -0.2) is 43.6 Å². The van der Waals surface area contributed by atoms with Gasteiger partial charge in [0.15, 0.2) is 0 Å². The molecule has 3 aromatic heterocycles. The Morgan fingerprint density at radius 3 is 2.78 bits per heavy atom. The van der Waals surface area contributed by atoms with E-state index in [4.69, 9.17) is 0 Å². The third-order valence-corrected chi connectivity index (χ3v) is 6.09. The zero-order valence-electron chi connectivity index (χ0n) is 19.2. The first kappa shape index (κ1) is 21.7. The Morgan fingerprint density at radius 2 is 2.03 bits per heavy atom. The molecule has 166 valence electrons. The summed E-state index contributed by atoms with van der Waals surface area (Å²) in [6.45, 7) is 7.44. The Bertz CT molecular complexity index is 1150. The number of carbonyl (C=O) groups is 1. The van der Waals surface area contributed by atoms with Crippen molar-refractivity contribution in [1.29, 1.82) is 0 Å². The lowest BCUT2D eigenvalue weighted by Crippen LogP contribution is -2.38. The Labute approximate surface area is 189 Å². The number of likely N-dealkylation sites (tertiary alicyclic amines) is 1. The molecule has 1 amide bonds. The number of aryl methyl sites for hydroxylation is 3. The van der Waals surface area contributed by atoms with E-state index >= 15 is 0 Å². The second-order valence-electron chi connectivity index (χ2n) is 8.43. The van der Waals surface area contributed by atoms with Crippen molar-refractivity contribution in [3.05, 3.63) is 70.8 Å². The number of hydrogen-bond acceptors (Lipinski definition) is 5. The molecule has 1 N–H and O–H groups in total. The molecule has 4 rings (SSSR count). The first-order valence-electron chi connectivity index (χ1n) is 11.0. The molecular formula is C25H30N6O. The number of carbonyl (C=O) groups excluding carboxylic acids is 1. The van der Waals surface area contributed by atoms with Crippen LogP contribution in [0.5, 0.6) is 0 Å². The van der Waals surface area contributed by atoms with Gasteiger partial charge in [-0.05, 0) is 69.5 Å². The number of hydrogen-bond donors (Lipinski definition) is 1. The van der Waals surface area contributed by atoms with Crippen LogP contribution in [0.15, 0.2) is 42.6 Å². The molecule has 4 heterocycles. The highest BCUT2D eigenvalue weighted by Gasteiger charge is 2.24. The van der Waals surface area contributed by atoms with E-state index in [9.17, 15) is 4.79 Å². The van der Waals surface area contributed by atoms with Crippen molar-refractivity contribution < 1.29 is 4.79 Å². The minimum atomic E-state index is 0.0497. The van der Waals surface area contributed by atoms with Crippen LogP contribution in [0.3, 0.4) is 0 Å². The van der Waals surface area contributed by atoms with Crippen molar-refractivity contribution in [2.75, 3.05) is 18.4 Å². The molecule has 1 aliphatic heterocycles. The van der Waals surface area contributed by atoms with Crippen molar-refractivity contribution in [3.63, 3.8) is 0 Å². The van der Waals surface area contributed by atoms with Crippen molar-refractivity contribution in [1.82, 2.24) is 24.6 Å². The average molecular weight is 431 g/mol. The highest BCUT2D eigenvalue weighted by molar-refractivity contribution is 5.92. The molecule has 1 atom stereocenters. The summed E-state index contributed by atoms with van der Waals surface area (Å²) in [5, 5.41) is 7.71. The number of amides is 1. The normalized spacial score (nSPS) is 16.5. The highest BCUT2D eigenvalue weighted by atomic mass is 16.2. The van der Waals surface area contributed by atoms with E-state index in [0.717, 1.165) is 53.7 Å². The molecule has 0 saturated carbocycles. The monoisotopic (exact) mass is 430 g/mol. The molecule has 0 aliphatic carbocycles. The summed E-state index contributed by atoms with van der Waals surface area (Å²) in [6.07, 6.45) is 7.44. The van der Waals surface area contributed by atoms with Crippen LogP contribution in [0.4, 0.5) is 11.6 Å². The van der Waals surface area contributed by atoms with Crippen molar-refractivity contribution >= 4 is 23.6 Å². The number of anilines is 2. The summed E-state index contributed by atoms with van der Waals surface area (Å²) in [4.78, 5) is 23.8. The maximum atomic E-state index is 12.9. The van der Waals surface area contributed by atoms with Gasteiger partial charge in [-0.1, -0.05) is 6.07 Å². The molecule has 32 heavy (non-hydrogen) atoms. The fraction of sp³-hybridized carbons (Fsp3) is 0.360. The zero-order chi connectivity index (χ0) is 22.7. The first-order valence-corrected chi connectivity index (χ1v) is 11.0. The Balaban J connectivity index is 1.44. The smallest absolute Gasteiger partial charge is 0.246 e. The van der Waals surface area contributed by atoms with Gasteiger partial charge in [-0.3, -0.25) is 9.48 Å². The van der Waals surface area contributed by atoms with E-state index in [2.05, 4.69) is 26.4 Å². The Morgan fingerprint density at radius 1 is 1.19 bits per heavy atom. The minimum absolute atomic E-state index is 0.0497. The van der Waals surface area contributed by atoms with Gasteiger partial charge in [0.2, 0.25) is 5.91 Å². The summed E-state index contributed by atoms with van der Waals surface area (Å²) in [7, 11) is 1.92. The molecule has 1 aliphatic rings. The summed E-state index contributed by atoms with van der Waals surface area (Å²) in [5.74, 6) is 1.89. The highest BCUT2D eigenvalue weighted by Crippen LogP contribution is 2.28. The van der Waals surface area contributed by atoms with Gasteiger partial charge in [0.05, 0.1) is 5.69 Å². The number of nitrogens with one attached hydrogen (secondary N) is 1. The van der Waals surface area contributed by atoms with Gasteiger partial charge >= 0.3 is 0 Å². The molecule has 0 aromatic carbocycles. The summed E-state index contributed by atoms with van der Waals surface area (Å²) >= 11 is 0. The molecule has 3 aromatic rings. The quantitative estimate of drug-likeness (QED) is 0.611. The van der Waals surface area contributed by atoms with Crippen molar-refractivity contribution in [3.8, 4) is 0 Å². The molecule has 1 fully saturated rings. The second-order valence-corrected chi connectivity index (χ2v) is 8.43. The molecule has 1 saturated heterocycles. The average Bonchev–Trinajstić information content (AvgIpc) is 3.03. The molecule has 0 unspecified atom stereocenters. The molecule has 0 spiro atoms. The van der Waals surface area contributed by atoms with E-state index in [0.29, 0.717) is 6.54 Å². The number of rotatable bonds is 5. The minimum Gasteiger partial charge on any atom is -0.339 e. The van der Waals surface area contributed by atoms with Gasteiger partial charge < -0.3 is 10.2 Å². The number of pyridine rings is 2. The topological polar surface area (TPSA) is 75.9 Å². The van der Waals surface area contributed by atoms with Gasteiger partial charge in [0, 0.05) is 55.3 Å². The van der Waals surface area contributed by atoms with Crippen LogP contribution >= 0.6 is 0 Å². The number of aromatic nitrogens is 4. The van der Waals surface area contributed by atoms with E-state index in [1.54, 1.807) is 6.08 Å². The van der Waals surface area contributed by atoms with Crippen LogP contribution in [0.1, 0.15) is 47.0 Å². The van der Waals surface area contributed by atoms with Gasteiger partial charge in [0.1, 0.15) is 11.6 Å². The molecule has 7 heteroatoms.